The van der Waals surface area contributed by atoms with Crippen molar-refractivity contribution in [3.63, 3.8) is 0 Å². The van der Waals surface area contributed by atoms with Gasteiger partial charge in [-0.1, -0.05) is 6.07 Å². The predicted octanol–water partition coefficient (Wildman–Crippen LogP) is 2.81. The first kappa shape index (κ1) is 14.8. The van der Waals surface area contributed by atoms with E-state index in [1.807, 2.05) is 26.0 Å². The molecule has 5 nitrogen and oxygen atoms in total. The lowest BCUT2D eigenvalue weighted by molar-refractivity contribution is -0.118. The average molecular weight is 286 g/mol. The van der Waals surface area contributed by atoms with Crippen molar-refractivity contribution in [2.24, 2.45) is 0 Å². The molecule has 5 heteroatoms. The molecule has 1 aromatic carbocycles. The number of pyridine rings is 1. The molecule has 0 unspecified atom stereocenters. The standard InChI is InChI=1S/C16H18N2O3/c1-3-20-13-6-8-14(9-7-13)21-11-15(19)18-16-12(2)5-4-10-17-16/h4-10H,3,11H2,1-2H3,(H,17,18,19). The Morgan fingerprint density at radius 1 is 1.14 bits per heavy atom. The van der Waals surface area contributed by atoms with E-state index in [4.69, 9.17) is 9.47 Å². The summed E-state index contributed by atoms with van der Waals surface area (Å²) < 4.78 is 10.8. The number of nitrogens with one attached hydrogen (secondary N) is 1. The van der Waals surface area contributed by atoms with E-state index in [1.165, 1.54) is 0 Å². The van der Waals surface area contributed by atoms with Crippen LogP contribution in [0.2, 0.25) is 0 Å². The van der Waals surface area contributed by atoms with Crippen LogP contribution in [0.5, 0.6) is 11.5 Å². The van der Waals surface area contributed by atoms with Gasteiger partial charge in [-0.3, -0.25) is 4.79 Å². The molecule has 1 amide bonds. The minimum atomic E-state index is -0.245. The smallest absolute Gasteiger partial charge is 0.263 e. The number of hydrogen-bond donors (Lipinski definition) is 1. The summed E-state index contributed by atoms with van der Waals surface area (Å²) in [4.78, 5) is 15.9. The number of benzene rings is 1. The molecular weight excluding hydrogens is 268 g/mol. The van der Waals surface area contributed by atoms with Crippen molar-refractivity contribution in [2.45, 2.75) is 13.8 Å². The van der Waals surface area contributed by atoms with E-state index in [-0.39, 0.29) is 12.5 Å². The van der Waals surface area contributed by atoms with Crippen molar-refractivity contribution < 1.29 is 14.3 Å². The van der Waals surface area contributed by atoms with Crippen LogP contribution >= 0.6 is 0 Å². The molecule has 0 aliphatic carbocycles. The minimum Gasteiger partial charge on any atom is -0.494 e. The molecule has 0 atom stereocenters. The molecule has 2 rings (SSSR count). The fourth-order valence-electron chi connectivity index (χ4n) is 1.73. The highest BCUT2D eigenvalue weighted by Crippen LogP contribution is 2.17. The molecule has 2 aromatic rings. The Morgan fingerprint density at radius 3 is 2.43 bits per heavy atom. The number of aromatic nitrogens is 1. The first-order valence-electron chi connectivity index (χ1n) is 6.76. The zero-order chi connectivity index (χ0) is 15.1. The summed E-state index contributed by atoms with van der Waals surface area (Å²) in [5.41, 5.74) is 0.909. The summed E-state index contributed by atoms with van der Waals surface area (Å²) in [7, 11) is 0. The Labute approximate surface area is 123 Å². The van der Waals surface area contributed by atoms with Crippen molar-refractivity contribution in [3.8, 4) is 11.5 Å². The van der Waals surface area contributed by atoms with Gasteiger partial charge in [-0.05, 0) is 49.7 Å². The lowest BCUT2D eigenvalue weighted by atomic mass is 10.3. The third-order valence-corrected chi connectivity index (χ3v) is 2.77. The fourth-order valence-corrected chi connectivity index (χ4v) is 1.73. The number of hydrogen-bond acceptors (Lipinski definition) is 4. The van der Waals surface area contributed by atoms with Gasteiger partial charge in [0.25, 0.3) is 5.91 Å². The topological polar surface area (TPSA) is 60.5 Å². The largest absolute Gasteiger partial charge is 0.494 e. The summed E-state index contributed by atoms with van der Waals surface area (Å²) in [6.45, 7) is 4.36. The van der Waals surface area contributed by atoms with Gasteiger partial charge in [-0.25, -0.2) is 4.98 Å². The average Bonchev–Trinajstić information content (AvgIpc) is 2.49. The molecular formula is C16H18N2O3. The predicted molar refractivity (Wildman–Crippen MR) is 80.7 cm³/mol. The van der Waals surface area contributed by atoms with Crippen LogP contribution in [0, 0.1) is 6.92 Å². The number of carbonyl (C=O) groups is 1. The van der Waals surface area contributed by atoms with E-state index >= 15 is 0 Å². The highest BCUT2D eigenvalue weighted by Gasteiger charge is 2.06. The first-order valence-corrected chi connectivity index (χ1v) is 6.76. The summed E-state index contributed by atoms with van der Waals surface area (Å²) in [6, 6.07) is 10.9. The third-order valence-electron chi connectivity index (χ3n) is 2.77. The number of carbonyl (C=O) groups excluding carboxylic acids is 1. The van der Waals surface area contributed by atoms with E-state index in [2.05, 4.69) is 10.3 Å². The van der Waals surface area contributed by atoms with E-state index < -0.39 is 0 Å². The Hall–Kier alpha value is -2.56. The Balaban J connectivity index is 1.85. The van der Waals surface area contributed by atoms with Crippen molar-refractivity contribution in [3.05, 3.63) is 48.2 Å². The molecule has 1 heterocycles. The quantitative estimate of drug-likeness (QED) is 0.887. The van der Waals surface area contributed by atoms with E-state index in [1.54, 1.807) is 30.5 Å². The van der Waals surface area contributed by atoms with Gasteiger partial charge >= 0.3 is 0 Å². The van der Waals surface area contributed by atoms with Crippen molar-refractivity contribution in [2.75, 3.05) is 18.5 Å². The normalized spacial score (nSPS) is 10.0. The second-order valence-corrected chi connectivity index (χ2v) is 4.41. The highest BCUT2D eigenvalue weighted by molar-refractivity contribution is 5.91. The van der Waals surface area contributed by atoms with Gasteiger partial charge in [0.05, 0.1) is 6.61 Å². The van der Waals surface area contributed by atoms with Crippen LogP contribution in [-0.2, 0) is 4.79 Å². The minimum absolute atomic E-state index is 0.0655. The van der Waals surface area contributed by atoms with Crippen LogP contribution in [0.3, 0.4) is 0 Å². The Bertz CT molecular complexity index is 597. The maximum Gasteiger partial charge on any atom is 0.263 e. The van der Waals surface area contributed by atoms with E-state index in [0.717, 1.165) is 11.3 Å². The zero-order valence-corrected chi connectivity index (χ0v) is 12.1. The molecule has 0 saturated heterocycles. The lowest BCUT2D eigenvalue weighted by Gasteiger charge is -2.09. The van der Waals surface area contributed by atoms with Crippen LogP contribution in [-0.4, -0.2) is 24.1 Å². The van der Waals surface area contributed by atoms with Crippen LogP contribution in [0.4, 0.5) is 5.82 Å². The highest BCUT2D eigenvalue weighted by atomic mass is 16.5. The molecule has 1 aromatic heterocycles. The second kappa shape index (κ2) is 7.28. The lowest BCUT2D eigenvalue weighted by Crippen LogP contribution is -2.21. The van der Waals surface area contributed by atoms with E-state index in [9.17, 15) is 4.79 Å². The van der Waals surface area contributed by atoms with E-state index in [0.29, 0.717) is 18.2 Å². The fraction of sp³-hybridized carbons (Fsp3) is 0.250. The maximum atomic E-state index is 11.8. The number of aryl methyl sites for hydroxylation is 1. The zero-order valence-electron chi connectivity index (χ0n) is 12.1. The summed E-state index contributed by atoms with van der Waals surface area (Å²) in [6.07, 6.45) is 1.63. The van der Waals surface area contributed by atoms with Gasteiger partial charge in [-0.15, -0.1) is 0 Å². The number of rotatable bonds is 6. The number of nitrogens with zero attached hydrogens (tertiary/aromatic N) is 1. The first-order chi connectivity index (χ1) is 10.2. The van der Waals surface area contributed by atoms with Crippen molar-refractivity contribution in [1.82, 2.24) is 4.98 Å². The molecule has 0 aliphatic heterocycles. The van der Waals surface area contributed by atoms with Crippen molar-refractivity contribution in [1.29, 1.82) is 0 Å². The second-order valence-electron chi connectivity index (χ2n) is 4.41. The number of anilines is 1. The van der Waals surface area contributed by atoms with Crippen LogP contribution in [0.25, 0.3) is 0 Å². The van der Waals surface area contributed by atoms with Gasteiger partial charge in [0.1, 0.15) is 17.3 Å². The summed E-state index contributed by atoms with van der Waals surface area (Å²) in [5.74, 6) is 1.70. The maximum absolute atomic E-state index is 11.8. The summed E-state index contributed by atoms with van der Waals surface area (Å²) in [5, 5.41) is 2.71. The van der Waals surface area contributed by atoms with Gasteiger partial charge in [0, 0.05) is 6.20 Å². The molecule has 0 radical (unpaired) electrons. The third kappa shape index (κ3) is 4.49. The molecule has 0 saturated carbocycles. The molecule has 1 N–H and O–H groups in total. The molecule has 21 heavy (non-hydrogen) atoms. The SMILES string of the molecule is CCOc1ccc(OCC(=O)Nc2ncccc2C)cc1. The van der Waals surface area contributed by atoms with Crippen molar-refractivity contribution >= 4 is 11.7 Å². The van der Waals surface area contributed by atoms with Crippen LogP contribution in [0.1, 0.15) is 12.5 Å². The monoisotopic (exact) mass is 286 g/mol. The van der Waals surface area contributed by atoms with Gasteiger partial charge in [-0.2, -0.15) is 0 Å². The van der Waals surface area contributed by atoms with Gasteiger partial charge in [0.15, 0.2) is 6.61 Å². The van der Waals surface area contributed by atoms with Gasteiger partial charge < -0.3 is 14.8 Å². The molecule has 0 fully saturated rings. The van der Waals surface area contributed by atoms with Crippen LogP contribution < -0.4 is 14.8 Å². The molecule has 0 bridgehead atoms. The van der Waals surface area contributed by atoms with Crippen LogP contribution in [0.15, 0.2) is 42.6 Å². The summed E-state index contributed by atoms with van der Waals surface area (Å²) >= 11 is 0. The Morgan fingerprint density at radius 2 is 1.81 bits per heavy atom. The Kier molecular flexibility index (Phi) is 5.15. The number of ether oxygens (including phenoxy) is 2. The molecule has 0 spiro atoms. The number of amides is 1. The molecule has 0 aliphatic rings. The van der Waals surface area contributed by atoms with Gasteiger partial charge in [0.2, 0.25) is 0 Å². The molecule has 110 valence electrons.